The highest BCUT2D eigenvalue weighted by Crippen LogP contribution is 2.39. The van der Waals surface area contributed by atoms with Crippen LogP contribution in [0.4, 0.5) is 8.78 Å². The second-order valence-electron chi connectivity index (χ2n) is 9.59. The van der Waals surface area contributed by atoms with Crippen molar-refractivity contribution in [2.45, 2.75) is 68.4 Å². The Bertz CT molecular complexity index is 1200. The highest BCUT2D eigenvalue weighted by atomic mass is 32.2. The van der Waals surface area contributed by atoms with E-state index in [0.717, 1.165) is 24.7 Å². The number of thioether (sulfide) groups is 1. The van der Waals surface area contributed by atoms with Gasteiger partial charge >= 0.3 is 0 Å². The quantitative estimate of drug-likeness (QED) is 0.343. The van der Waals surface area contributed by atoms with Gasteiger partial charge in [-0.05, 0) is 67.6 Å². The monoisotopic (exact) mass is 493 g/mol. The molecule has 2 fully saturated rings. The van der Waals surface area contributed by atoms with Gasteiger partial charge in [-0.2, -0.15) is 0 Å². The lowest BCUT2D eigenvalue weighted by molar-refractivity contribution is 0.0349. The van der Waals surface area contributed by atoms with Gasteiger partial charge in [0.05, 0.1) is 0 Å². The maximum Gasteiger partial charge on any atom is 0.254 e. The van der Waals surface area contributed by atoms with E-state index < -0.39 is 11.6 Å². The van der Waals surface area contributed by atoms with Crippen LogP contribution in [0.2, 0.25) is 0 Å². The van der Waals surface area contributed by atoms with Crippen LogP contribution in [0.3, 0.4) is 0 Å². The summed E-state index contributed by atoms with van der Waals surface area (Å²) < 4.78 is 33.1. The summed E-state index contributed by atoms with van der Waals surface area (Å²) in [7, 11) is 0. The predicted molar refractivity (Wildman–Crippen MR) is 135 cm³/mol. The van der Waals surface area contributed by atoms with Crippen LogP contribution in [0, 0.1) is 25.5 Å². The molecular weight excluding hydrogens is 464 g/mol. The number of halogens is 2. The van der Waals surface area contributed by atoms with Crippen LogP contribution in [0.1, 0.15) is 52.7 Å². The smallest absolute Gasteiger partial charge is 0.254 e. The van der Waals surface area contributed by atoms with E-state index in [0.29, 0.717) is 18.4 Å². The van der Waals surface area contributed by atoms with Crippen LogP contribution < -0.4 is 4.74 Å². The fourth-order valence-electron chi connectivity index (χ4n) is 5.38. The molecule has 6 heteroatoms. The van der Waals surface area contributed by atoms with Crippen LogP contribution >= 0.6 is 11.8 Å². The number of fused-ring (bicyclic) bond motifs is 2. The number of hydrogen-bond acceptors (Lipinski definition) is 3. The fraction of sp³-hybridized carbons (Fsp3) is 0.345. The summed E-state index contributed by atoms with van der Waals surface area (Å²) in [5.74, 6) is -0.326. The molecule has 2 unspecified atom stereocenters. The van der Waals surface area contributed by atoms with Crippen LogP contribution in [0.25, 0.3) is 0 Å². The molecule has 2 saturated heterocycles. The van der Waals surface area contributed by atoms with Crippen molar-refractivity contribution in [3.05, 3.63) is 94.6 Å². The molecule has 35 heavy (non-hydrogen) atoms. The molecule has 0 saturated carbocycles. The molecule has 3 nitrogen and oxygen atoms in total. The van der Waals surface area contributed by atoms with Crippen LogP contribution in [-0.4, -0.2) is 29.0 Å². The van der Waals surface area contributed by atoms with E-state index in [1.54, 1.807) is 0 Å². The van der Waals surface area contributed by atoms with Gasteiger partial charge in [0.15, 0.2) is 11.6 Å². The first-order valence-electron chi connectivity index (χ1n) is 12.1. The highest BCUT2D eigenvalue weighted by molar-refractivity contribution is 7.98. The Morgan fingerprint density at radius 3 is 2.26 bits per heavy atom. The van der Waals surface area contributed by atoms with Crippen LogP contribution in [-0.2, 0) is 5.75 Å². The molecular formula is C29H29F2NO2S. The highest BCUT2D eigenvalue weighted by Gasteiger charge is 2.44. The first-order valence-corrected chi connectivity index (χ1v) is 13.1. The standard InChI is InChI=1S/C29H29F2NO2S/c1-18-4-3-5-19(2)28(18)35-17-20-6-8-21(9-7-20)29(33)32-23-11-12-24(32)16-25(15-23)34-27-13-10-22(30)14-26(27)31/h3-10,13-14,23-25H,11-12,15-17H2,1-2H3. The number of nitrogens with zero attached hydrogens (tertiary/aromatic N) is 1. The molecule has 3 aromatic carbocycles. The molecule has 3 aromatic rings. The Hall–Kier alpha value is -2.86. The van der Waals surface area contributed by atoms with E-state index in [1.807, 2.05) is 40.9 Å². The number of benzene rings is 3. The van der Waals surface area contributed by atoms with Gasteiger partial charge in [-0.15, -0.1) is 11.8 Å². The van der Waals surface area contributed by atoms with Gasteiger partial charge in [-0.1, -0.05) is 30.3 Å². The molecule has 1 amide bonds. The number of amides is 1. The number of rotatable bonds is 6. The Morgan fingerprint density at radius 1 is 0.971 bits per heavy atom. The second-order valence-corrected chi connectivity index (χ2v) is 10.6. The molecule has 0 radical (unpaired) electrons. The summed E-state index contributed by atoms with van der Waals surface area (Å²) in [6.45, 7) is 4.27. The second kappa shape index (κ2) is 10.0. The number of aryl methyl sites for hydroxylation is 2. The molecule has 2 bridgehead atoms. The van der Waals surface area contributed by atoms with Crippen molar-refractivity contribution >= 4 is 17.7 Å². The third-order valence-electron chi connectivity index (χ3n) is 7.10. The van der Waals surface area contributed by atoms with Crippen molar-refractivity contribution < 1.29 is 18.3 Å². The number of carbonyl (C=O) groups excluding carboxylic acids is 1. The summed E-state index contributed by atoms with van der Waals surface area (Å²) in [6.07, 6.45) is 2.98. The molecule has 182 valence electrons. The number of hydrogen-bond donors (Lipinski definition) is 0. The maximum absolute atomic E-state index is 14.0. The third kappa shape index (κ3) is 5.08. The van der Waals surface area contributed by atoms with Crippen molar-refractivity contribution in [2.24, 2.45) is 0 Å². The van der Waals surface area contributed by atoms with Gasteiger partial charge in [0.25, 0.3) is 5.91 Å². The lowest BCUT2D eigenvalue weighted by Crippen LogP contribution is -2.49. The third-order valence-corrected chi connectivity index (χ3v) is 8.52. The van der Waals surface area contributed by atoms with E-state index in [2.05, 4.69) is 32.0 Å². The van der Waals surface area contributed by atoms with Crippen molar-refractivity contribution in [3.63, 3.8) is 0 Å². The molecule has 2 heterocycles. The zero-order valence-electron chi connectivity index (χ0n) is 20.0. The van der Waals surface area contributed by atoms with E-state index >= 15 is 0 Å². The molecule has 2 aliphatic rings. The lowest BCUT2D eigenvalue weighted by atomic mass is 9.98. The topological polar surface area (TPSA) is 29.5 Å². The van der Waals surface area contributed by atoms with Crippen LogP contribution in [0.5, 0.6) is 5.75 Å². The van der Waals surface area contributed by atoms with Crippen molar-refractivity contribution in [3.8, 4) is 5.75 Å². The lowest BCUT2D eigenvalue weighted by Gasteiger charge is -2.39. The molecule has 0 N–H and O–H groups in total. The predicted octanol–water partition coefficient (Wildman–Crippen LogP) is 7.09. The molecule has 0 spiro atoms. The largest absolute Gasteiger partial charge is 0.487 e. The summed E-state index contributed by atoms with van der Waals surface area (Å²) in [5.41, 5.74) is 4.45. The van der Waals surface area contributed by atoms with E-state index in [9.17, 15) is 13.6 Å². The summed E-state index contributed by atoms with van der Waals surface area (Å²) in [6, 6.07) is 17.8. The zero-order valence-corrected chi connectivity index (χ0v) is 20.8. The molecule has 0 aromatic heterocycles. The SMILES string of the molecule is Cc1cccc(C)c1SCc1ccc(C(=O)N2C3CCC2CC(Oc2ccc(F)cc2F)C3)cc1. The first-order chi connectivity index (χ1) is 16.9. The van der Waals surface area contributed by atoms with E-state index in [4.69, 9.17) is 4.74 Å². The van der Waals surface area contributed by atoms with Gasteiger partial charge < -0.3 is 9.64 Å². The van der Waals surface area contributed by atoms with Gasteiger partial charge in [0.1, 0.15) is 11.9 Å². The minimum absolute atomic E-state index is 0.0536. The molecule has 0 aliphatic carbocycles. The molecule has 2 atom stereocenters. The fourth-order valence-corrected chi connectivity index (χ4v) is 6.48. The zero-order chi connectivity index (χ0) is 24.5. The number of carbonyl (C=O) groups is 1. The molecule has 5 rings (SSSR count). The van der Waals surface area contributed by atoms with Crippen molar-refractivity contribution in [2.75, 3.05) is 0 Å². The number of ether oxygens (including phenoxy) is 1. The Morgan fingerprint density at radius 2 is 1.63 bits per heavy atom. The van der Waals surface area contributed by atoms with Gasteiger partial charge in [-0.25, -0.2) is 8.78 Å². The summed E-state index contributed by atoms with van der Waals surface area (Å²) >= 11 is 1.83. The molecule has 2 aliphatic heterocycles. The summed E-state index contributed by atoms with van der Waals surface area (Å²) in [4.78, 5) is 16.7. The van der Waals surface area contributed by atoms with E-state index in [-0.39, 0.29) is 29.8 Å². The van der Waals surface area contributed by atoms with Gasteiger partial charge in [-0.3, -0.25) is 4.79 Å². The van der Waals surface area contributed by atoms with Gasteiger partial charge in [0, 0.05) is 47.2 Å². The first kappa shape index (κ1) is 23.9. The normalized spacial score (nSPS) is 21.3. The van der Waals surface area contributed by atoms with Crippen molar-refractivity contribution in [1.82, 2.24) is 4.90 Å². The average molecular weight is 494 g/mol. The van der Waals surface area contributed by atoms with E-state index in [1.165, 1.54) is 33.7 Å². The maximum atomic E-state index is 14.0. The Labute approximate surface area is 209 Å². The average Bonchev–Trinajstić information content (AvgIpc) is 3.10. The summed E-state index contributed by atoms with van der Waals surface area (Å²) in [5, 5.41) is 0. The minimum Gasteiger partial charge on any atom is -0.487 e. The minimum atomic E-state index is -0.688. The van der Waals surface area contributed by atoms with Crippen molar-refractivity contribution in [1.29, 1.82) is 0 Å². The van der Waals surface area contributed by atoms with Crippen LogP contribution in [0.15, 0.2) is 65.6 Å². The van der Waals surface area contributed by atoms with Gasteiger partial charge in [0.2, 0.25) is 0 Å². The Balaban J connectivity index is 1.21. The number of piperidine rings is 1. The Kier molecular flexibility index (Phi) is 6.83.